The Kier molecular flexibility index (Phi) is 5.70. The lowest BCUT2D eigenvalue weighted by molar-refractivity contribution is -0.119. The number of nitrogens with one attached hydrogen (secondary N) is 1. The molecular weight excluding hydrogens is 416 g/mol. The first-order valence-corrected chi connectivity index (χ1v) is 11.9. The first kappa shape index (κ1) is 21.6. The summed E-state index contributed by atoms with van der Waals surface area (Å²) in [5.74, 6) is 1.49. The summed E-state index contributed by atoms with van der Waals surface area (Å²) in [6, 6.07) is 12.4. The first-order chi connectivity index (χ1) is 14.7. The minimum Gasteiger partial charge on any atom is -0.493 e. The number of amides is 1. The number of carbonyl (C=O) groups excluding carboxylic acids is 1. The maximum absolute atomic E-state index is 13.2. The molecule has 1 unspecified atom stereocenters. The van der Waals surface area contributed by atoms with Crippen molar-refractivity contribution in [2.45, 2.75) is 37.0 Å². The van der Waals surface area contributed by atoms with Crippen LogP contribution in [-0.4, -0.2) is 45.4 Å². The molecule has 8 heteroatoms. The molecule has 0 aliphatic carbocycles. The fraction of sp³-hybridized carbons (Fsp3) is 0.435. The largest absolute Gasteiger partial charge is 0.493 e. The smallest absolute Gasteiger partial charge is 0.243 e. The van der Waals surface area contributed by atoms with Gasteiger partial charge in [-0.05, 0) is 68.5 Å². The van der Waals surface area contributed by atoms with Gasteiger partial charge < -0.3 is 14.8 Å². The molecule has 1 N–H and O–H groups in total. The van der Waals surface area contributed by atoms with E-state index in [0.717, 1.165) is 18.4 Å². The van der Waals surface area contributed by atoms with Crippen LogP contribution in [0.1, 0.15) is 32.3 Å². The van der Waals surface area contributed by atoms with E-state index in [1.54, 1.807) is 43.5 Å². The molecule has 166 valence electrons. The Labute approximate surface area is 183 Å². The Hall–Kier alpha value is -2.58. The number of methoxy groups -OCH3 is 1. The number of fused-ring (bicyclic) bond motifs is 1. The zero-order valence-corrected chi connectivity index (χ0v) is 18.9. The van der Waals surface area contributed by atoms with Crippen molar-refractivity contribution in [3.05, 3.63) is 48.0 Å². The number of sulfonamides is 1. The van der Waals surface area contributed by atoms with E-state index in [-0.39, 0.29) is 16.7 Å². The number of para-hydroxylation sites is 2. The molecule has 0 aromatic heterocycles. The molecule has 0 radical (unpaired) electrons. The van der Waals surface area contributed by atoms with Crippen LogP contribution in [0.25, 0.3) is 0 Å². The lowest BCUT2D eigenvalue weighted by Gasteiger charge is -2.19. The van der Waals surface area contributed by atoms with E-state index < -0.39 is 15.4 Å². The van der Waals surface area contributed by atoms with Crippen LogP contribution in [0.2, 0.25) is 0 Å². The van der Waals surface area contributed by atoms with Gasteiger partial charge in [-0.1, -0.05) is 12.1 Å². The predicted octanol–water partition coefficient (Wildman–Crippen LogP) is 3.40. The van der Waals surface area contributed by atoms with Crippen molar-refractivity contribution >= 4 is 21.6 Å². The van der Waals surface area contributed by atoms with E-state index in [1.807, 2.05) is 24.3 Å². The van der Waals surface area contributed by atoms with E-state index in [2.05, 4.69) is 5.32 Å². The maximum Gasteiger partial charge on any atom is 0.243 e. The molecule has 1 saturated heterocycles. The van der Waals surface area contributed by atoms with Crippen LogP contribution < -0.4 is 14.8 Å². The van der Waals surface area contributed by atoms with Gasteiger partial charge in [-0.25, -0.2) is 8.42 Å². The average Bonchev–Trinajstić information content (AvgIpc) is 3.31. The molecule has 2 aromatic rings. The monoisotopic (exact) mass is 444 g/mol. The highest BCUT2D eigenvalue weighted by Crippen LogP contribution is 2.39. The van der Waals surface area contributed by atoms with Gasteiger partial charge in [-0.15, -0.1) is 0 Å². The number of carbonyl (C=O) groups is 1. The van der Waals surface area contributed by atoms with Crippen molar-refractivity contribution in [3.63, 3.8) is 0 Å². The molecule has 4 rings (SSSR count). The Bertz CT molecular complexity index is 1100. The van der Waals surface area contributed by atoms with Crippen molar-refractivity contribution in [2.75, 3.05) is 32.1 Å². The normalized spacial score (nSPS) is 20.4. The van der Waals surface area contributed by atoms with Crippen molar-refractivity contribution in [3.8, 4) is 11.5 Å². The van der Waals surface area contributed by atoms with Crippen molar-refractivity contribution in [2.24, 2.45) is 5.92 Å². The minimum absolute atomic E-state index is 0.117. The number of hydrogen-bond acceptors (Lipinski definition) is 5. The number of benzene rings is 2. The molecule has 1 atom stereocenters. The van der Waals surface area contributed by atoms with Gasteiger partial charge in [0.25, 0.3) is 0 Å². The fourth-order valence-electron chi connectivity index (χ4n) is 4.18. The van der Waals surface area contributed by atoms with Crippen LogP contribution in [-0.2, 0) is 20.2 Å². The van der Waals surface area contributed by atoms with Gasteiger partial charge >= 0.3 is 0 Å². The van der Waals surface area contributed by atoms with E-state index in [0.29, 0.717) is 36.9 Å². The van der Waals surface area contributed by atoms with E-state index >= 15 is 0 Å². The van der Waals surface area contributed by atoms with Crippen LogP contribution in [0.5, 0.6) is 11.5 Å². The Morgan fingerprint density at radius 3 is 2.65 bits per heavy atom. The summed E-state index contributed by atoms with van der Waals surface area (Å²) in [4.78, 5) is 12.4. The summed E-state index contributed by atoms with van der Waals surface area (Å²) in [6.07, 6.45) is 1.56. The SMILES string of the molecule is COc1ccccc1OCCC1CCN(S(=O)(=O)c2ccc3c(c2)C(C)(C)C(=O)N3)C1. The van der Waals surface area contributed by atoms with Gasteiger partial charge in [-0.2, -0.15) is 4.31 Å². The molecule has 7 nitrogen and oxygen atoms in total. The van der Waals surface area contributed by atoms with Crippen LogP contribution in [0.3, 0.4) is 0 Å². The summed E-state index contributed by atoms with van der Waals surface area (Å²) in [7, 11) is -2.01. The molecule has 0 saturated carbocycles. The molecule has 2 aliphatic rings. The van der Waals surface area contributed by atoms with Gasteiger partial charge in [0.1, 0.15) is 0 Å². The number of rotatable bonds is 7. The first-order valence-electron chi connectivity index (χ1n) is 10.5. The summed E-state index contributed by atoms with van der Waals surface area (Å²) >= 11 is 0. The molecule has 31 heavy (non-hydrogen) atoms. The van der Waals surface area contributed by atoms with Crippen LogP contribution in [0, 0.1) is 5.92 Å². The van der Waals surface area contributed by atoms with E-state index in [9.17, 15) is 13.2 Å². The topological polar surface area (TPSA) is 84.9 Å². The molecule has 2 aromatic carbocycles. The molecule has 0 bridgehead atoms. The summed E-state index contributed by atoms with van der Waals surface area (Å²) in [5.41, 5.74) is 0.658. The van der Waals surface area contributed by atoms with Gasteiger partial charge in [0, 0.05) is 18.8 Å². The van der Waals surface area contributed by atoms with Gasteiger partial charge in [0.15, 0.2) is 11.5 Å². The van der Waals surface area contributed by atoms with Crippen LogP contribution in [0.4, 0.5) is 5.69 Å². The highest BCUT2D eigenvalue weighted by atomic mass is 32.2. The quantitative estimate of drug-likeness (QED) is 0.708. The number of ether oxygens (including phenoxy) is 2. The second kappa shape index (κ2) is 8.16. The zero-order chi connectivity index (χ0) is 22.2. The summed E-state index contributed by atoms with van der Waals surface area (Å²) < 4.78 is 39.1. The maximum atomic E-state index is 13.2. The second-order valence-corrected chi connectivity index (χ2v) is 10.5. The second-order valence-electron chi connectivity index (χ2n) is 8.59. The molecule has 2 heterocycles. The Balaban J connectivity index is 1.40. The molecule has 1 fully saturated rings. The lowest BCUT2D eigenvalue weighted by Crippen LogP contribution is -2.30. The van der Waals surface area contributed by atoms with Crippen molar-refractivity contribution in [1.29, 1.82) is 0 Å². The standard InChI is InChI=1S/C23H28N2O5S/c1-23(2)18-14-17(8-9-19(18)24-22(23)26)31(27,28)25-12-10-16(15-25)11-13-30-21-7-5-4-6-20(21)29-3/h4-9,14,16H,10-13,15H2,1-3H3,(H,24,26). The number of nitrogens with zero attached hydrogens (tertiary/aromatic N) is 1. The third-order valence-corrected chi connectivity index (χ3v) is 8.08. The molecule has 2 aliphatic heterocycles. The highest BCUT2D eigenvalue weighted by molar-refractivity contribution is 7.89. The molecular formula is C23H28N2O5S. The van der Waals surface area contributed by atoms with Crippen molar-refractivity contribution in [1.82, 2.24) is 4.31 Å². The van der Waals surface area contributed by atoms with E-state index in [4.69, 9.17) is 9.47 Å². The Morgan fingerprint density at radius 2 is 1.90 bits per heavy atom. The lowest BCUT2D eigenvalue weighted by atomic mass is 9.86. The summed E-state index contributed by atoms with van der Waals surface area (Å²) in [5, 5.41) is 2.82. The van der Waals surface area contributed by atoms with Gasteiger partial charge in [-0.3, -0.25) is 4.79 Å². The average molecular weight is 445 g/mol. The molecule has 0 spiro atoms. The highest BCUT2D eigenvalue weighted by Gasteiger charge is 2.40. The zero-order valence-electron chi connectivity index (χ0n) is 18.1. The van der Waals surface area contributed by atoms with Gasteiger partial charge in [0.05, 0.1) is 24.0 Å². The third kappa shape index (κ3) is 4.02. The van der Waals surface area contributed by atoms with Crippen molar-refractivity contribution < 1.29 is 22.7 Å². The predicted molar refractivity (Wildman–Crippen MR) is 118 cm³/mol. The van der Waals surface area contributed by atoms with E-state index in [1.165, 1.54) is 0 Å². The number of hydrogen-bond donors (Lipinski definition) is 1. The number of anilines is 1. The van der Waals surface area contributed by atoms with Crippen LogP contribution >= 0.6 is 0 Å². The minimum atomic E-state index is -3.62. The molecule has 1 amide bonds. The fourth-order valence-corrected chi connectivity index (χ4v) is 5.74. The third-order valence-electron chi connectivity index (χ3n) is 6.22. The summed E-state index contributed by atoms with van der Waals surface area (Å²) in [6.45, 7) is 5.06. The Morgan fingerprint density at radius 1 is 1.16 bits per heavy atom. The van der Waals surface area contributed by atoms with Crippen LogP contribution in [0.15, 0.2) is 47.4 Å². The van der Waals surface area contributed by atoms with Gasteiger partial charge in [0.2, 0.25) is 15.9 Å².